The molecule has 0 amide bonds. The summed E-state index contributed by atoms with van der Waals surface area (Å²) >= 11 is 0. The molecule has 5 nitrogen and oxygen atoms in total. The molecule has 0 saturated carbocycles. The van der Waals surface area contributed by atoms with Gasteiger partial charge in [0.25, 0.3) is 0 Å². The molecular weight excluding hydrogens is 206 g/mol. The predicted octanol–water partition coefficient (Wildman–Crippen LogP) is 0.659. The zero-order valence-corrected chi connectivity index (χ0v) is 9.26. The van der Waals surface area contributed by atoms with E-state index in [9.17, 15) is 4.79 Å². The molecule has 1 N–H and O–H groups in total. The Kier molecular flexibility index (Phi) is 3.14. The number of carboxylic acid groups (broad SMARTS) is 1. The summed E-state index contributed by atoms with van der Waals surface area (Å²) in [5, 5.41) is 8.70. The minimum absolute atomic E-state index is 0.113. The van der Waals surface area contributed by atoms with E-state index in [4.69, 9.17) is 5.11 Å². The van der Waals surface area contributed by atoms with Crippen LogP contribution in [0.2, 0.25) is 0 Å². The molecule has 0 aromatic carbocycles. The average molecular weight is 221 g/mol. The van der Waals surface area contributed by atoms with E-state index in [0.717, 1.165) is 31.0 Å². The first-order valence-corrected chi connectivity index (χ1v) is 5.39. The second-order valence-corrected chi connectivity index (χ2v) is 4.17. The Morgan fingerprint density at radius 2 is 2.50 bits per heavy atom. The van der Waals surface area contributed by atoms with Gasteiger partial charge in [0.1, 0.15) is 5.82 Å². The maximum atomic E-state index is 10.6. The third kappa shape index (κ3) is 2.55. The van der Waals surface area contributed by atoms with Crippen molar-refractivity contribution in [3.05, 3.63) is 23.8 Å². The normalized spacial score (nSPS) is 21.2. The van der Waals surface area contributed by atoms with Gasteiger partial charge < -0.3 is 5.11 Å². The highest BCUT2D eigenvalue weighted by Gasteiger charge is 2.26. The summed E-state index contributed by atoms with van der Waals surface area (Å²) in [4.78, 5) is 21.1. The quantitative estimate of drug-likeness (QED) is 0.812. The molecule has 5 heteroatoms. The zero-order valence-electron chi connectivity index (χ0n) is 9.26. The molecule has 0 bridgehead atoms. The number of aromatic nitrogens is 2. The van der Waals surface area contributed by atoms with Crippen LogP contribution in [0.15, 0.2) is 12.3 Å². The van der Waals surface area contributed by atoms with Crippen molar-refractivity contribution in [2.75, 3.05) is 19.6 Å². The van der Waals surface area contributed by atoms with Crippen LogP contribution in [-0.4, -0.2) is 45.6 Å². The van der Waals surface area contributed by atoms with E-state index in [2.05, 4.69) is 9.97 Å². The summed E-state index contributed by atoms with van der Waals surface area (Å²) in [7, 11) is 0. The topological polar surface area (TPSA) is 66.3 Å². The first kappa shape index (κ1) is 11.0. The van der Waals surface area contributed by atoms with Crippen molar-refractivity contribution in [3.8, 4) is 0 Å². The molecule has 2 rings (SSSR count). The minimum Gasteiger partial charge on any atom is -0.480 e. The predicted molar refractivity (Wildman–Crippen MR) is 58.2 cm³/mol. The molecule has 1 saturated heterocycles. The first-order chi connectivity index (χ1) is 7.65. The molecule has 86 valence electrons. The highest BCUT2D eigenvalue weighted by molar-refractivity contribution is 5.69. The van der Waals surface area contributed by atoms with Crippen molar-refractivity contribution in [2.45, 2.75) is 19.3 Å². The lowest BCUT2D eigenvalue weighted by atomic mass is 10.1. The highest BCUT2D eigenvalue weighted by Crippen LogP contribution is 2.23. The van der Waals surface area contributed by atoms with E-state index in [0.29, 0.717) is 0 Å². The van der Waals surface area contributed by atoms with Crippen molar-refractivity contribution >= 4 is 5.97 Å². The molecule has 0 radical (unpaired) electrons. The van der Waals surface area contributed by atoms with E-state index in [1.54, 1.807) is 6.20 Å². The first-order valence-electron chi connectivity index (χ1n) is 5.39. The van der Waals surface area contributed by atoms with E-state index < -0.39 is 5.97 Å². The van der Waals surface area contributed by atoms with Gasteiger partial charge in [-0.25, -0.2) is 9.97 Å². The Morgan fingerprint density at radius 3 is 3.19 bits per heavy atom. The standard InChI is InChI=1S/C11H15N3O2/c1-8-2-4-12-11(13-8)9-3-5-14(6-9)7-10(15)16/h2,4,9H,3,5-7H2,1H3,(H,15,16)/t9-/m0/s1. The number of hydrogen-bond acceptors (Lipinski definition) is 4. The largest absolute Gasteiger partial charge is 0.480 e. The second kappa shape index (κ2) is 4.57. The number of carboxylic acids is 1. The SMILES string of the molecule is Cc1ccnc([C@H]2CCN(CC(=O)O)C2)n1. The van der Waals surface area contributed by atoms with Crippen LogP contribution in [-0.2, 0) is 4.79 Å². The van der Waals surface area contributed by atoms with Gasteiger partial charge in [-0.1, -0.05) is 0 Å². The number of carbonyl (C=O) groups is 1. The fraction of sp³-hybridized carbons (Fsp3) is 0.545. The monoisotopic (exact) mass is 221 g/mol. The Bertz CT molecular complexity index is 395. The van der Waals surface area contributed by atoms with Crippen molar-refractivity contribution in [2.24, 2.45) is 0 Å². The molecule has 0 unspecified atom stereocenters. The maximum absolute atomic E-state index is 10.6. The number of aliphatic carboxylic acids is 1. The third-order valence-corrected chi connectivity index (χ3v) is 2.81. The number of aryl methyl sites for hydroxylation is 1. The van der Waals surface area contributed by atoms with Gasteiger partial charge >= 0.3 is 5.97 Å². The van der Waals surface area contributed by atoms with Crippen LogP contribution in [0.1, 0.15) is 23.9 Å². The van der Waals surface area contributed by atoms with Gasteiger partial charge in [-0.2, -0.15) is 0 Å². The zero-order chi connectivity index (χ0) is 11.5. The lowest BCUT2D eigenvalue weighted by Crippen LogP contribution is -2.27. The number of likely N-dealkylation sites (tertiary alicyclic amines) is 1. The average Bonchev–Trinajstić information content (AvgIpc) is 2.65. The minimum atomic E-state index is -0.772. The van der Waals surface area contributed by atoms with Gasteiger partial charge in [0, 0.05) is 24.4 Å². The molecule has 2 heterocycles. The summed E-state index contributed by atoms with van der Waals surface area (Å²) in [6, 6.07) is 1.87. The summed E-state index contributed by atoms with van der Waals surface area (Å²) in [5.74, 6) is 0.345. The van der Waals surface area contributed by atoms with Crippen molar-refractivity contribution < 1.29 is 9.90 Å². The van der Waals surface area contributed by atoms with Crippen LogP contribution in [0.25, 0.3) is 0 Å². The Hall–Kier alpha value is -1.49. The van der Waals surface area contributed by atoms with E-state index >= 15 is 0 Å². The number of nitrogens with zero attached hydrogens (tertiary/aromatic N) is 3. The molecule has 1 atom stereocenters. The van der Waals surface area contributed by atoms with Crippen molar-refractivity contribution in [1.29, 1.82) is 0 Å². The second-order valence-electron chi connectivity index (χ2n) is 4.17. The number of rotatable bonds is 3. The Labute approximate surface area is 94.1 Å². The van der Waals surface area contributed by atoms with Crippen LogP contribution in [0, 0.1) is 6.92 Å². The Balaban J connectivity index is 2.00. The lowest BCUT2D eigenvalue weighted by molar-refractivity contribution is -0.138. The van der Waals surface area contributed by atoms with Gasteiger partial charge in [-0.05, 0) is 26.0 Å². The molecule has 0 spiro atoms. The summed E-state index contributed by atoms with van der Waals surface area (Å²) in [6.45, 7) is 3.61. The maximum Gasteiger partial charge on any atom is 0.317 e. The smallest absolute Gasteiger partial charge is 0.317 e. The molecular formula is C11H15N3O2. The summed E-state index contributed by atoms with van der Waals surface area (Å²) in [6.07, 6.45) is 2.70. The highest BCUT2D eigenvalue weighted by atomic mass is 16.4. The third-order valence-electron chi connectivity index (χ3n) is 2.81. The lowest BCUT2D eigenvalue weighted by Gasteiger charge is -2.12. The van der Waals surface area contributed by atoms with Crippen LogP contribution in [0.3, 0.4) is 0 Å². The number of hydrogen-bond donors (Lipinski definition) is 1. The van der Waals surface area contributed by atoms with Gasteiger partial charge in [-0.15, -0.1) is 0 Å². The van der Waals surface area contributed by atoms with Gasteiger partial charge in [0.15, 0.2) is 0 Å². The molecule has 1 aromatic rings. The summed E-state index contributed by atoms with van der Waals surface area (Å²) < 4.78 is 0. The molecule has 1 aromatic heterocycles. The van der Waals surface area contributed by atoms with Gasteiger partial charge in [-0.3, -0.25) is 9.69 Å². The van der Waals surface area contributed by atoms with E-state index in [1.807, 2.05) is 17.9 Å². The van der Waals surface area contributed by atoms with Crippen LogP contribution >= 0.6 is 0 Å². The van der Waals surface area contributed by atoms with Crippen LogP contribution in [0.5, 0.6) is 0 Å². The Morgan fingerprint density at radius 1 is 1.69 bits per heavy atom. The van der Waals surface area contributed by atoms with Gasteiger partial charge in [0.2, 0.25) is 0 Å². The fourth-order valence-electron chi connectivity index (χ4n) is 2.04. The van der Waals surface area contributed by atoms with Gasteiger partial charge in [0.05, 0.1) is 6.54 Å². The molecule has 16 heavy (non-hydrogen) atoms. The molecule has 0 aliphatic carbocycles. The van der Waals surface area contributed by atoms with E-state index in [1.165, 1.54) is 0 Å². The molecule has 1 aliphatic heterocycles. The van der Waals surface area contributed by atoms with Crippen LogP contribution in [0.4, 0.5) is 0 Å². The molecule has 1 aliphatic rings. The molecule has 1 fully saturated rings. The van der Waals surface area contributed by atoms with E-state index in [-0.39, 0.29) is 12.5 Å². The van der Waals surface area contributed by atoms with Crippen LogP contribution < -0.4 is 0 Å². The van der Waals surface area contributed by atoms with Crippen molar-refractivity contribution in [3.63, 3.8) is 0 Å². The fourth-order valence-corrected chi connectivity index (χ4v) is 2.04. The van der Waals surface area contributed by atoms with Crippen molar-refractivity contribution in [1.82, 2.24) is 14.9 Å². The summed E-state index contributed by atoms with van der Waals surface area (Å²) in [5.41, 5.74) is 0.960.